The molecule has 0 radical (unpaired) electrons. The Hall–Kier alpha value is -0.220. The quantitative estimate of drug-likeness (QED) is 0.790. The second-order valence-corrected chi connectivity index (χ2v) is 5.40. The van der Waals surface area contributed by atoms with Gasteiger partial charge in [0, 0.05) is 25.4 Å². The molecule has 0 spiro atoms. The predicted octanol–water partition coefficient (Wildman–Crippen LogP) is 1.41. The van der Waals surface area contributed by atoms with Gasteiger partial charge in [0.2, 0.25) is 0 Å². The molecule has 0 aromatic rings. The van der Waals surface area contributed by atoms with Crippen molar-refractivity contribution < 1.29 is 0 Å². The van der Waals surface area contributed by atoms with Crippen LogP contribution >= 0.6 is 11.8 Å². The van der Waals surface area contributed by atoms with Crippen LogP contribution in [0.2, 0.25) is 0 Å². The summed E-state index contributed by atoms with van der Waals surface area (Å²) < 4.78 is 0. The van der Waals surface area contributed by atoms with Gasteiger partial charge in [0.05, 0.1) is 0 Å². The zero-order valence-corrected chi connectivity index (χ0v) is 10.4. The number of hydrogen-bond donors (Lipinski definition) is 1. The van der Waals surface area contributed by atoms with Crippen LogP contribution in [0.4, 0.5) is 0 Å². The Bertz CT molecular complexity index is 230. The Morgan fingerprint density at radius 3 is 3.20 bits per heavy atom. The van der Waals surface area contributed by atoms with Gasteiger partial charge in [-0.15, -0.1) is 0 Å². The minimum atomic E-state index is 0.829. The van der Waals surface area contributed by atoms with E-state index >= 15 is 0 Å². The molecule has 15 heavy (non-hydrogen) atoms. The Morgan fingerprint density at radius 1 is 1.60 bits per heavy atom. The van der Waals surface area contributed by atoms with Crippen LogP contribution in [0.15, 0.2) is 4.99 Å². The van der Waals surface area contributed by atoms with Gasteiger partial charge in [0.15, 0.2) is 5.17 Å². The van der Waals surface area contributed by atoms with E-state index in [1.807, 2.05) is 11.8 Å². The summed E-state index contributed by atoms with van der Waals surface area (Å²) in [6, 6.07) is 0. The van der Waals surface area contributed by atoms with Crippen LogP contribution in [0.25, 0.3) is 0 Å². The molecule has 0 saturated carbocycles. The molecule has 0 aromatic heterocycles. The van der Waals surface area contributed by atoms with E-state index in [4.69, 9.17) is 0 Å². The lowest BCUT2D eigenvalue weighted by molar-refractivity contribution is 0.342. The van der Waals surface area contributed by atoms with E-state index in [0.29, 0.717) is 0 Å². The molecule has 0 amide bonds. The fourth-order valence-electron chi connectivity index (χ4n) is 2.16. The van der Waals surface area contributed by atoms with Crippen LogP contribution in [-0.4, -0.2) is 48.5 Å². The average molecular weight is 227 g/mol. The third-order valence-electron chi connectivity index (χ3n) is 3.16. The minimum Gasteiger partial charge on any atom is -0.365 e. The van der Waals surface area contributed by atoms with E-state index in [1.54, 1.807) is 0 Å². The number of nitrogens with one attached hydrogen (secondary N) is 1. The standard InChI is InChI=1S/C11H21N3S/c1-2-14-6-4-10(9-14)8-13-11-12-5-3-7-15-11/h10H,2-9H2,1H3,(H,12,13). The van der Waals surface area contributed by atoms with Gasteiger partial charge in [-0.05, 0) is 31.8 Å². The average Bonchev–Trinajstić information content (AvgIpc) is 2.76. The smallest absolute Gasteiger partial charge is 0.156 e. The van der Waals surface area contributed by atoms with Crippen LogP contribution in [0, 0.1) is 5.92 Å². The zero-order valence-electron chi connectivity index (χ0n) is 9.54. The van der Waals surface area contributed by atoms with E-state index in [9.17, 15) is 0 Å². The molecule has 1 saturated heterocycles. The molecule has 86 valence electrons. The predicted molar refractivity (Wildman–Crippen MR) is 67.6 cm³/mol. The maximum atomic E-state index is 4.48. The van der Waals surface area contributed by atoms with Crippen molar-refractivity contribution >= 4 is 16.9 Å². The summed E-state index contributed by atoms with van der Waals surface area (Å²) in [5.74, 6) is 2.06. The Labute approximate surface area is 96.7 Å². The second kappa shape index (κ2) is 5.75. The highest BCUT2D eigenvalue weighted by Gasteiger charge is 2.21. The van der Waals surface area contributed by atoms with Crippen LogP contribution in [0.3, 0.4) is 0 Å². The molecule has 2 heterocycles. The molecule has 1 fully saturated rings. The van der Waals surface area contributed by atoms with Crippen LogP contribution in [-0.2, 0) is 0 Å². The normalized spacial score (nSPS) is 27.8. The summed E-state index contributed by atoms with van der Waals surface area (Å²) in [6.07, 6.45) is 2.58. The third kappa shape index (κ3) is 3.38. The summed E-state index contributed by atoms with van der Waals surface area (Å²) in [7, 11) is 0. The van der Waals surface area contributed by atoms with Crippen LogP contribution in [0.5, 0.6) is 0 Å². The van der Waals surface area contributed by atoms with Crippen molar-refractivity contribution in [1.82, 2.24) is 10.2 Å². The Morgan fingerprint density at radius 2 is 2.53 bits per heavy atom. The van der Waals surface area contributed by atoms with Crippen molar-refractivity contribution in [2.75, 3.05) is 38.5 Å². The summed E-state index contributed by atoms with van der Waals surface area (Å²) in [5, 5.41) is 4.67. The highest BCUT2D eigenvalue weighted by Crippen LogP contribution is 2.16. The monoisotopic (exact) mass is 227 g/mol. The number of rotatable bonds is 3. The Balaban J connectivity index is 1.67. The van der Waals surface area contributed by atoms with Gasteiger partial charge in [0.25, 0.3) is 0 Å². The maximum absolute atomic E-state index is 4.48. The van der Waals surface area contributed by atoms with E-state index in [1.165, 1.54) is 43.4 Å². The fourth-order valence-corrected chi connectivity index (χ4v) is 3.00. The lowest BCUT2D eigenvalue weighted by Gasteiger charge is -2.17. The fraction of sp³-hybridized carbons (Fsp3) is 0.909. The molecule has 1 unspecified atom stereocenters. The molecule has 3 nitrogen and oxygen atoms in total. The van der Waals surface area contributed by atoms with Gasteiger partial charge in [-0.2, -0.15) is 0 Å². The second-order valence-electron chi connectivity index (χ2n) is 4.32. The molecule has 1 N–H and O–H groups in total. The highest BCUT2D eigenvalue weighted by atomic mass is 32.2. The SMILES string of the molecule is CCN1CCC(CNC2=NCCCS2)C1. The van der Waals surface area contributed by atoms with Gasteiger partial charge in [0.1, 0.15) is 0 Å². The molecule has 1 atom stereocenters. The first-order chi connectivity index (χ1) is 7.38. The van der Waals surface area contributed by atoms with E-state index in [2.05, 4.69) is 22.1 Å². The largest absolute Gasteiger partial charge is 0.365 e. The van der Waals surface area contributed by atoms with Crippen molar-refractivity contribution in [1.29, 1.82) is 0 Å². The highest BCUT2D eigenvalue weighted by molar-refractivity contribution is 8.13. The molecule has 0 bridgehead atoms. The number of nitrogens with zero attached hydrogens (tertiary/aromatic N) is 2. The van der Waals surface area contributed by atoms with Crippen LogP contribution in [0.1, 0.15) is 19.8 Å². The van der Waals surface area contributed by atoms with Gasteiger partial charge in [-0.3, -0.25) is 4.99 Å². The first-order valence-corrected chi connectivity index (χ1v) is 7.00. The molecular weight excluding hydrogens is 206 g/mol. The summed E-state index contributed by atoms with van der Waals surface area (Å²) >= 11 is 1.88. The number of thioether (sulfide) groups is 1. The molecule has 4 heteroatoms. The van der Waals surface area contributed by atoms with Gasteiger partial charge in [-0.25, -0.2) is 0 Å². The summed E-state index contributed by atoms with van der Waals surface area (Å²) in [6.45, 7) is 8.12. The van der Waals surface area contributed by atoms with Crippen LogP contribution < -0.4 is 5.32 Å². The lowest BCUT2D eigenvalue weighted by atomic mass is 10.1. The third-order valence-corrected chi connectivity index (χ3v) is 4.20. The summed E-state index contributed by atoms with van der Waals surface area (Å²) in [5.41, 5.74) is 0. The molecule has 2 aliphatic rings. The number of aliphatic imine (C=N–C) groups is 1. The van der Waals surface area contributed by atoms with E-state index in [-0.39, 0.29) is 0 Å². The van der Waals surface area contributed by atoms with Crippen molar-refractivity contribution in [3.05, 3.63) is 0 Å². The van der Waals surface area contributed by atoms with E-state index in [0.717, 1.165) is 19.0 Å². The Kier molecular flexibility index (Phi) is 4.32. The number of amidine groups is 1. The van der Waals surface area contributed by atoms with Crippen molar-refractivity contribution in [2.45, 2.75) is 19.8 Å². The first-order valence-electron chi connectivity index (χ1n) is 6.02. The molecule has 0 aliphatic carbocycles. The maximum Gasteiger partial charge on any atom is 0.156 e. The van der Waals surface area contributed by atoms with Gasteiger partial charge >= 0.3 is 0 Å². The number of likely N-dealkylation sites (tertiary alicyclic amines) is 1. The number of hydrogen-bond acceptors (Lipinski definition) is 4. The lowest BCUT2D eigenvalue weighted by Crippen LogP contribution is -2.30. The van der Waals surface area contributed by atoms with Crippen molar-refractivity contribution in [2.24, 2.45) is 10.9 Å². The van der Waals surface area contributed by atoms with Gasteiger partial charge < -0.3 is 10.2 Å². The van der Waals surface area contributed by atoms with Crippen molar-refractivity contribution in [3.8, 4) is 0 Å². The molecular formula is C11H21N3S. The molecule has 2 aliphatic heterocycles. The zero-order chi connectivity index (χ0) is 10.5. The first kappa shape index (κ1) is 11.3. The minimum absolute atomic E-state index is 0.829. The molecule has 0 aromatic carbocycles. The topological polar surface area (TPSA) is 27.6 Å². The summed E-state index contributed by atoms with van der Waals surface area (Å²) in [4.78, 5) is 7.01. The van der Waals surface area contributed by atoms with Crippen molar-refractivity contribution in [3.63, 3.8) is 0 Å². The van der Waals surface area contributed by atoms with Gasteiger partial charge in [-0.1, -0.05) is 18.7 Å². The van der Waals surface area contributed by atoms with E-state index < -0.39 is 0 Å². The molecule has 2 rings (SSSR count).